The van der Waals surface area contributed by atoms with Crippen molar-refractivity contribution in [3.63, 3.8) is 0 Å². The van der Waals surface area contributed by atoms with Gasteiger partial charge in [-0.05, 0) is 42.4 Å². The number of benzene rings is 1. The number of halogens is 2. The Morgan fingerprint density at radius 2 is 2.10 bits per heavy atom. The molecule has 0 bridgehead atoms. The van der Waals surface area contributed by atoms with Gasteiger partial charge in [-0.3, -0.25) is 0 Å². The van der Waals surface area contributed by atoms with Gasteiger partial charge >= 0.3 is 0 Å². The molecule has 7 heteroatoms. The van der Waals surface area contributed by atoms with Crippen LogP contribution in [-0.2, 0) is 16.6 Å². The molecule has 0 heterocycles. The lowest BCUT2D eigenvalue weighted by atomic mass is 10.1. The van der Waals surface area contributed by atoms with E-state index in [4.69, 9.17) is 17.3 Å². The summed E-state index contributed by atoms with van der Waals surface area (Å²) in [5, 5.41) is -0.126. The molecule has 1 saturated carbocycles. The van der Waals surface area contributed by atoms with Crippen molar-refractivity contribution in [3.05, 3.63) is 28.5 Å². The first kappa shape index (κ1) is 15.7. The first-order valence-electron chi connectivity index (χ1n) is 6.51. The van der Waals surface area contributed by atoms with Crippen molar-refractivity contribution in [1.82, 2.24) is 4.72 Å². The fourth-order valence-corrected chi connectivity index (χ4v) is 3.49. The van der Waals surface area contributed by atoms with Crippen LogP contribution in [0.2, 0.25) is 5.02 Å². The van der Waals surface area contributed by atoms with E-state index in [9.17, 15) is 12.8 Å². The molecule has 0 amide bonds. The van der Waals surface area contributed by atoms with Crippen LogP contribution in [-0.4, -0.2) is 15.0 Å². The number of rotatable bonds is 6. The predicted octanol–water partition coefficient (Wildman–Crippen LogP) is 2.41. The summed E-state index contributed by atoms with van der Waals surface area (Å²) in [6, 6.07) is 2.24. The Labute approximate surface area is 123 Å². The third-order valence-corrected chi connectivity index (χ3v) is 5.76. The Kier molecular flexibility index (Phi) is 4.39. The van der Waals surface area contributed by atoms with E-state index in [0.717, 1.165) is 25.3 Å². The van der Waals surface area contributed by atoms with Crippen LogP contribution in [0.4, 0.5) is 4.39 Å². The van der Waals surface area contributed by atoms with Gasteiger partial charge in [0.2, 0.25) is 10.0 Å². The van der Waals surface area contributed by atoms with Crippen LogP contribution in [0, 0.1) is 11.2 Å². The van der Waals surface area contributed by atoms with Gasteiger partial charge in [-0.1, -0.05) is 18.5 Å². The lowest BCUT2D eigenvalue weighted by molar-refractivity contribution is 0.475. The minimum absolute atomic E-state index is 0.0159. The summed E-state index contributed by atoms with van der Waals surface area (Å²) in [5.41, 5.74) is 5.80. The fourth-order valence-electron chi connectivity index (χ4n) is 2.09. The first-order chi connectivity index (χ1) is 9.33. The van der Waals surface area contributed by atoms with E-state index in [0.29, 0.717) is 6.54 Å². The number of nitrogens with two attached hydrogens (primary N) is 1. The van der Waals surface area contributed by atoms with Crippen molar-refractivity contribution < 1.29 is 12.8 Å². The molecule has 3 N–H and O–H groups in total. The molecule has 20 heavy (non-hydrogen) atoms. The SMILES string of the molecule is CCC1(CNS(=O)(=O)c2cc(F)c(Cl)c(CN)c2)CC1. The standard InChI is InChI=1S/C13H18ClFN2O2S/c1-2-13(3-4-13)8-17-20(18,19)10-5-9(7-16)12(14)11(15)6-10/h5-6,17H,2-4,7-8,16H2,1H3. The highest BCUT2D eigenvalue weighted by molar-refractivity contribution is 7.89. The minimum Gasteiger partial charge on any atom is -0.326 e. The molecule has 1 aliphatic rings. The monoisotopic (exact) mass is 320 g/mol. The molecule has 2 rings (SSSR count). The zero-order chi connectivity index (χ0) is 15.0. The van der Waals surface area contributed by atoms with Crippen molar-refractivity contribution in [3.8, 4) is 0 Å². The molecule has 112 valence electrons. The van der Waals surface area contributed by atoms with Crippen LogP contribution < -0.4 is 10.5 Å². The molecule has 0 spiro atoms. The molecule has 0 radical (unpaired) electrons. The van der Waals surface area contributed by atoms with Crippen LogP contribution >= 0.6 is 11.6 Å². The maximum atomic E-state index is 13.6. The molecule has 0 atom stereocenters. The second kappa shape index (κ2) is 5.60. The molecule has 1 aliphatic carbocycles. The Morgan fingerprint density at radius 3 is 2.60 bits per heavy atom. The van der Waals surface area contributed by atoms with Crippen molar-refractivity contribution in [2.45, 2.75) is 37.6 Å². The van der Waals surface area contributed by atoms with Crippen molar-refractivity contribution in [1.29, 1.82) is 0 Å². The summed E-state index contributed by atoms with van der Waals surface area (Å²) in [7, 11) is -3.74. The second-order valence-electron chi connectivity index (χ2n) is 5.26. The average Bonchev–Trinajstić information content (AvgIpc) is 3.20. The Morgan fingerprint density at radius 1 is 1.45 bits per heavy atom. The van der Waals surface area contributed by atoms with E-state index in [1.54, 1.807) is 0 Å². The van der Waals surface area contributed by atoms with Gasteiger partial charge in [0.05, 0.1) is 9.92 Å². The van der Waals surface area contributed by atoms with Gasteiger partial charge < -0.3 is 5.73 Å². The van der Waals surface area contributed by atoms with Gasteiger partial charge in [0.25, 0.3) is 0 Å². The Balaban J connectivity index is 2.23. The molecule has 1 aromatic carbocycles. The average molecular weight is 321 g/mol. The lowest BCUT2D eigenvalue weighted by Crippen LogP contribution is -2.30. The van der Waals surface area contributed by atoms with Gasteiger partial charge in [-0.2, -0.15) is 0 Å². The van der Waals surface area contributed by atoms with Crippen LogP contribution in [0.3, 0.4) is 0 Å². The quantitative estimate of drug-likeness (QED) is 0.845. The Hall–Kier alpha value is -0.690. The highest BCUT2D eigenvalue weighted by atomic mass is 35.5. The zero-order valence-electron chi connectivity index (χ0n) is 11.2. The van der Waals surface area contributed by atoms with Crippen molar-refractivity contribution >= 4 is 21.6 Å². The predicted molar refractivity (Wildman–Crippen MR) is 76.4 cm³/mol. The summed E-state index contributed by atoms with van der Waals surface area (Å²) >= 11 is 5.73. The summed E-state index contributed by atoms with van der Waals surface area (Å²) < 4.78 is 40.6. The summed E-state index contributed by atoms with van der Waals surface area (Å²) in [6.07, 6.45) is 2.97. The third-order valence-electron chi connectivity index (χ3n) is 3.95. The highest BCUT2D eigenvalue weighted by Crippen LogP contribution is 2.48. The van der Waals surface area contributed by atoms with Gasteiger partial charge in [-0.15, -0.1) is 0 Å². The van der Waals surface area contributed by atoms with Gasteiger partial charge in [0.15, 0.2) is 0 Å². The molecule has 0 aliphatic heterocycles. The Bertz CT molecular complexity index is 615. The first-order valence-corrected chi connectivity index (χ1v) is 8.37. The minimum atomic E-state index is -3.74. The van der Waals surface area contributed by atoms with E-state index in [1.165, 1.54) is 6.07 Å². The number of sulfonamides is 1. The summed E-state index contributed by atoms with van der Waals surface area (Å²) in [5.74, 6) is -0.772. The van der Waals surface area contributed by atoms with E-state index < -0.39 is 15.8 Å². The van der Waals surface area contributed by atoms with E-state index in [2.05, 4.69) is 4.72 Å². The number of hydrogen-bond donors (Lipinski definition) is 2. The van der Waals surface area contributed by atoms with Gasteiger partial charge in [0.1, 0.15) is 5.82 Å². The molecular weight excluding hydrogens is 303 g/mol. The van der Waals surface area contributed by atoms with Crippen molar-refractivity contribution in [2.24, 2.45) is 11.1 Å². The maximum absolute atomic E-state index is 13.6. The lowest BCUT2D eigenvalue weighted by Gasteiger charge is -2.14. The molecule has 1 fully saturated rings. The normalized spacial score (nSPS) is 17.2. The second-order valence-corrected chi connectivity index (χ2v) is 7.41. The van der Waals surface area contributed by atoms with Crippen molar-refractivity contribution in [2.75, 3.05) is 6.54 Å². The molecule has 0 aromatic heterocycles. The smallest absolute Gasteiger partial charge is 0.240 e. The van der Waals surface area contributed by atoms with Gasteiger partial charge in [-0.25, -0.2) is 17.5 Å². The van der Waals surface area contributed by atoms with Gasteiger partial charge in [0, 0.05) is 13.1 Å². The van der Waals surface area contributed by atoms with E-state index >= 15 is 0 Å². The molecule has 0 unspecified atom stereocenters. The molecule has 4 nitrogen and oxygen atoms in total. The molecule has 0 saturated heterocycles. The van der Waals surface area contributed by atoms with E-state index in [-0.39, 0.29) is 27.4 Å². The van der Waals surface area contributed by atoms with Crippen LogP contribution in [0.5, 0.6) is 0 Å². The summed E-state index contributed by atoms with van der Waals surface area (Å²) in [6.45, 7) is 2.40. The van der Waals surface area contributed by atoms with E-state index in [1.807, 2.05) is 6.92 Å². The van der Waals surface area contributed by atoms with Crippen LogP contribution in [0.1, 0.15) is 31.7 Å². The largest absolute Gasteiger partial charge is 0.326 e. The maximum Gasteiger partial charge on any atom is 0.240 e. The van der Waals surface area contributed by atoms with Crippen LogP contribution in [0.15, 0.2) is 17.0 Å². The number of nitrogens with one attached hydrogen (secondary N) is 1. The molecular formula is C13H18ClFN2O2S. The number of hydrogen-bond acceptors (Lipinski definition) is 3. The van der Waals surface area contributed by atoms with Crippen LogP contribution in [0.25, 0.3) is 0 Å². The third kappa shape index (κ3) is 3.14. The topological polar surface area (TPSA) is 72.2 Å². The molecule has 1 aromatic rings. The summed E-state index contributed by atoms with van der Waals surface area (Å²) in [4.78, 5) is -0.133. The fraction of sp³-hybridized carbons (Fsp3) is 0.538. The highest BCUT2D eigenvalue weighted by Gasteiger charge is 2.41. The zero-order valence-corrected chi connectivity index (χ0v) is 12.8.